The van der Waals surface area contributed by atoms with Gasteiger partial charge in [0.15, 0.2) is 0 Å². The minimum absolute atomic E-state index is 0.526. The van der Waals surface area contributed by atoms with Crippen LogP contribution in [0.15, 0.2) is 24.3 Å². The summed E-state index contributed by atoms with van der Waals surface area (Å²) in [5.74, 6) is 0.792. The van der Waals surface area contributed by atoms with Gasteiger partial charge < -0.3 is 9.84 Å². The Labute approximate surface area is 117 Å². The van der Waals surface area contributed by atoms with Gasteiger partial charge in [-0.05, 0) is 38.5 Å². The molecular weight excluding hydrogens is 258 g/mol. The molecule has 0 radical (unpaired) electrons. The number of aliphatic hydroxyl groups is 1. The number of aryl methyl sites for hydroxylation is 2. The molecular formula is C15H19NO2S. The zero-order valence-corrected chi connectivity index (χ0v) is 12.5. The minimum Gasteiger partial charge on any atom is -0.497 e. The van der Waals surface area contributed by atoms with Crippen LogP contribution in [0.2, 0.25) is 0 Å². The monoisotopic (exact) mass is 277 g/mol. The van der Waals surface area contributed by atoms with Crippen molar-refractivity contribution in [2.24, 2.45) is 0 Å². The van der Waals surface area contributed by atoms with Crippen molar-refractivity contribution in [3.8, 4) is 5.75 Å². The highest BCUT2D eigenvalue weighted by Crippen LogP contribution is 2.29. The molecule has 0 aliphatic heterocycles. The molecule has 0 fully saturated rings. The molecule has 1 unspecified atom stereocenters. The second-order valence-electron chi connectivity index (χ2n) is 4.93. The maximum absolute atomic E-state index is 10.6. The zero-order valence-electron chi connectivity index (χ0n) is 11.7. The fourth-order valence-electron chi connectivity index (χ4n) is 1.96. The minimum atomic E-state index is -0.914. The third-order valence-electron chi connectivity index (χ3n) is 3.28. The summed E-state index contributed by atoms with van der Waals surface area (Å²) in [6, 6.07) is 7.52. The molecule has 1 aromatic carbocycles. The molecule has 3 nitrogen and oxygen atoms in total. The quantitative estimate of drug-likeness (QED) is 0.933. The number of rotatable bonds is 4. The van der Waals surface area contributed by atoms with E-state index < -0.39 is 5.60 Å². The van der Waals surface area contributed by atoms with Crippen LogP contribution in [0, 0.1) is 13.8 Å². The van der Waals surface area contributed by atoms with Crippen LogP contribution in [-0.2, 0) is 12.0 Å². The fraction of sp³-hybridized carbons (Fsp3) is 0.400. The normalized spacial score (nSPS) is 14.2. The lowest BCUT2D eigenvalue weighted by Crippen LogP contribution is -2.24. The van der Waals surface area contributed by atoms with Crippen LogP contribution in [0.3, 0.4) is 0 Å². The zero-order chi connectivity index (χ0) is 14.0. The molecule has 2 rings (SSSR count). The van der Waals surface area contributed by atoms with E-state index in [4.69, 9.17) is 4.74 Å². The van der Waals surface area contributed by atoms with Crippen LogP contribution < -0.4 is 4.74 Å². The smallest absolute Gasteiger partial charge is 0.118 e. The number of thiazole rings is 1. The number of hydrogen-bond donors (Lipinski definition) is 1. The molecule has 19 heavy (non-hydrogen) atoms. The van der Waals surface area contributed by atoms with Crippen molar-refractivity contribution in [3.63, 3.8) is 0 Å². The van der Waals surface area contributed by atoms with Gasteiger partial charge in [-0.15, -0.1) is 11.3 Å². The summed E-state index contributed by atoms with van der Waals surface area (Å²) in [6.07, 6.45) is 0.526. The van der Waals surface area contributed by atoms with Crippen LogP contribution in [0.4, 0.5) is 0 Å². The first-order valence-electron chi connectivity index (χ1n) is 6.22. The summed E-state index contributed by atoms with van der Waals surface area (Å²) in [4.78, 5) is 5.70. The van der Waals surface area contributed by atoms with Gasteiger partial charge in [0.25, 0.3) is 0 Å². The molecule has 0 bridgehead atoms. The van der Waals surface area contributed by atoms with E-state index in [2.05, 4.69) is 11.9 Å². The summed E-state index contributed by atoms with van der Waals surface area (Å²) in [6.45, 7) is 5.87. The van der Waals surface area contributed by atoms with E-state index in [0.29, 0.717) is 6.42 Å². The molecule has 0 aliphatic carbocycles. The fourth-order valence-corrected chi connectivity index (χ4v) is 3.04. The van der Waals surface area contributed by atoms with Crippen LogP contribution >= 0.6 is 11.3 Å². The van der Waals surface area contributed by atoms with E-state index in [9.17, 15) is 5.11 Å². The largest absolute Gasteiger partial charge is 0.497 e. The van der Waals surface area contributed by atoms with Crippen molar-refractivity contribution in [1.82, 2.24) is 4.98 Å². The highest BCUT2D eigenvalue weighted by atomic mass is 32.1. The molecule has 2 aromatic rings. The van der Waals surface area contributed by atoms with Gasteiger partial charge in [0.1, 0.15) is 5.75 Å². The van der Waals surface area contributed by atoms with Gasteiger partial charge >= 0.3 is 0 Å². The number of nitrogens with zero attached hydrogens (tertiary/aromatic N) is 1. The van der Waals surface area contributed by atoms with Gasteiger partial charge in [-0.2, -0.15) is 0 Å². The van der Waals surface area contributed by atoms with Crippen LogP contribution in [-0.4, -0.2) is 17.2 Å². The topological polar surface area (TPSA) is 42.4 Å². The predicted molar refractivity (Wildman–Crippen MR) is 77.9 cm³/mol. The summed E-state index contributed by atoms with van der Waals surface area (Å²) < 4.78 is 5.13. The first-order chi connectivity index (χ1) is 8.92. The second kappa shape index (κ2) is 5.31. The maximum Gasteiger partial charge on any atom is 0.118 e. The highest BCUT2D eigenvalue weighted by molar-refractivity contribution is 7.11. The standard InChI is InChI=1S/C15H19NO2S/c1-10-11(2)19-14(16-10)9-15(3,17)12-5-7-13(18-4)8-6-12/h5-8,17H,9H2,1-4H3. The molecule has 1 atom stereocenters. The van der Waals surface area contributed by atoms with E-state index in [1.54, 1.807) is 18.4 Å². The first-order valence-corrected chi connectivity index (χ1v) is 7.04. The summed E-state index contributed by atoms with van der Waals surface area (Å²) >= 11 is 1.65. The van der Waals surface area contributed by atoms with Gasteiger partial charge in [0, 0.05) is 11.3 Å². The van der Waals surface area contributed by atoms with Crippen molar-refractivity contribution in [1.29, 1.82) is 0 Å². The van der Waals surface area contributed by atoms with Crippen LogP contribution in [0.1, 0.15) is 28.1 Å². The van der Waals surface area contributed by atoms with Gasteiger partial charge in [0.2, 0.25) is 0 Å². The molecule has 0 aliphatic rings. The third-order valence-corrected chi connectivity index (χ3v) is 4.35. The van der Waals surface area contributed by atoms with E-state index >= 15 is 0 Å². The Morgan fingerprint density at radius 1 is 1.26 bits per heavy atom. The SMILES string of the molecule is COc1ccc(C(C)(O)Cc2nc(C)c(C)s2)cc1. The van der Waals surface area contributed by atoms with Crippen molar-refractivity contribution >= 4 is 11.3 Å². The molecule has 0 saturated carbocycles. The van der Waals surface area contributed by atoms with Crippen molar-refractivity contribution < 1.29 is 9.84 Å². The lowest BCUT2D eigenvalue weighted by Gasteiger charge is -2.22. The van der Waals surface area contributed by atoms with Crippen LogP contribution in [0.25, 0.3) is 0 Å². The number of hydrogen-bond acceptors (Lipinski definition) is 4. The number of benzene rings is 1. The first kappa shape index (κ1) is 14.0. The molecule has 102 valence electrons. The molecule has 1 heterocycles. The van der Waals surface area contributed by atoms with E-state index in [1.165, 1.54) is 4.88 Å². The Kier molecular flexibility index (Phi) is 3.92. The third kappa shape index (κ3) is 3.14. The Morgan fingerprint density at radius 3 is 2.37 bits per heavy atom. The van der Waals surface area contributed by atoms with Gasteiger partial charge in [-0.25, -0.2) is 4.98 Å². The number of ether oxygens (including phenoxy) is 1. The maximum atomic E-state index is 10.6. The average molecular weight is 277 g/mol. The van der Waals surface area contributed by atoms with E-state index in [1.807, 2.05) is 38.1 Å². The molecule has 0 spiro atoms. The molecule has 1 aromatic heterocycles. The van der Waals surface area contributed by atoms with Crippen molar-refractivity contribution in [2.75, 3.05) is 7.11 Å². The Balaban J connectivity index is 2.20. The Morgan fingerprint density at radius 2 is 1.89 bits per heavy atom. The van der Waals surface area contributed by atoms with Gasteiger partial charge in [-0.1, -0.05) is 12.1 Å². The molecule has 4 heteroatoms. The molecule has 0 saturated heterocycles. The second-order valence-corrected chi connectivity index (χ2v) is 6.22. The van der Waals surface area contributed by atoms with Crippen LogP contribution in [0.5, 0.6) is 5.75 Å². The van der Waals surface area contributed by atoms with E-state index in [0.717, 1.165) is 22.0 Å². The number of aromatic nitrogens is 1. The average Bonchev–Trinajstić information content (AvgIpc) is 2.67. The Bertz CT molecular complexity index is 539. The predicted octanol–water partition coefficient (Wildman–Crippen LogP) is 3.22. The Hall–Kier alpha value is -1.39. The summed E-state index contributed by atoms with van der Waals surface area (Å²) in [7, 11) is 1.63. The van der Waals surface area contributed by atoms with E-state index in [-0.39, 0.29) is 0 Å². The number of methoxy groups -OCH3 is 1. The molecule has 1 N–H and O–H groups in total. The molecule has 0 amide bonds. The van der Waals surface area contributed by atoms with Crippen molar-refractivity contribution in [3.05, 3.63) is 45.4 Å². The highest BCUT2D eigenvalue weighted by Gasteiger charge is 2.25. The lowest BCUT2D eigenvalue weighted by molar-refractivity contribution is 0.0575. The summed E-state index contributed by atoms with van der Waals surface area (Å²) in [5, 5.41) is 11.6. The van der Waals surface area contributed by atoms with Gasteiger partial charge in [0.05, 0.1) is 23.4 Å². The summed E-state index contributed by atoms with van der Waals surface area (Å²) in [5.41, 5.74) is 1.01. The lowest BCUT2D eigenvalue weighted by atomic mass is 9.93. The van der Waals surface area contributed by atoms with Crippen molar-refractivity contribution in [2.45, 2.75) is 32.8 Å². The van der Waals surface area contributed by atoms with Gasteiger partial charge in [-0.3, -0.25) is 0 Å².